The highest BCUT2D eigenvalue weighted by molar-refractivity contribution is 7.89. The van der Waals surface area contributed by atoms with Gasteiger partial charge < -0.3 is 14.8 Å². The molecule has 1 aliphatic heterocycles. The van der Waals surface area contributed by atoms with E-state index in [0.717, 1.165) is 5.56 Å². The Hall–Kier alpha value is -2.65. The van der Waals surface area contributed by atoms with Gasteiger partial charge in [-0.1, -0.05) is 12.1 Å². The summed E-state index contributed by atoms with van der Waals surface area (Å²) in [6.07, 6.45) is 0.835. The van der Waals surface area contributed by atoms with Crippen molar-refractivity contribution in [1.82, 2.24) is 9.62 Å². The number of nitrogens with one attached hydrogen (secondary N) is 1. The van der Waals surface area contributed by atoms with Gasteiger partial charge in [0, 0.05) is 31.6 Å². The molecular formula is C21H25FN2O5S. The number of sulfonamides is 1. The summed E-state index contributed by atoms with van der Waals surface area (Å²) in [4.78, 5) is 12.5. The van der Waals surface area contributed by atoms with Gasteiger partial charge in [0.25, 0.3) is 0 Å². The van der Waals surface area contributed by atoms with Crippen molar-refractivity contribution in [2.24, 2.45) is 5.92 Å². The minimum absolute atomic E-state index is 0.0450. The highest BCUT2D eigenvalue weighted by atomic mass is 32.2. The molecule has 0 atom stereocenters. The summed E-state index contributed by atoms with van der Waals surface area (Å²) in [6.45, 7) is 0.771. The average Bonchev–Trinajstić information content (AvgIpc) is 2.78. The van der Waals surface area contributed by atoms with E-state index in [1.807, 2.05) is 0 Å². The van der Waals surface area contributed by atoms with Crippen molar-refractivity contribution in [3.05, 3.63) is 53.8 Å². The third-order valence-electron chi connectivity index (χ3n) is 5.19. The molecule has 0 spiro atoms. The zero-order chi connectivity index (χ0) is 21.7. The molecule has 7 nitrogen and oxygen atoms in total. The number of carbonyl (C=O) groups is 1. The summed E-state index contributed by atoms with van der Waals surface area (Å²) >= 11 is 0. The summed E-state index contributed by atoms with van der Waals surface area (Å²) in [6, 6.07) is 10.6. The molecule has 0 unspecified atom stereocenters. The lowest BCUT2D eigenvalue weighted by atomic mass is 9.97. The van der Waals surface area contributed by atoms with Crippen LogP contribution >= 0.6 is 0 Å². The van der Waals surface area contributed by atoms with Crippen molar-refractivity contribution < 1.29 is 27.1 Å². The van der Waals surface area contributed by atoms with Gasteiger partial charge in [-0.3, -0.25) is 4.79 Å². The maximum atomic E-state index is 13.1. The lowest BCUT2D eigenvalue weighted by Crippen LogP contribution is -2.42. The molecule has 1 saturated heterocycles. The molecule has 0 aliphatic carbocycles. The monoisotopic (exact) mass is 436 g/mol. The van der Waals surface area contributed by atoms with Gasteiger partial charge in [-0.2, -0.15) is 4.31 Å². The van der Waals surface area contributed by atoms with Crippen LogP contribution in [0.1, 0.15) is 18.4 Å². The molecule has 162 valence electrons. The maximum absolute atomic E-state index is 13.1. The van der Waals surface area contributed by atoms with E-state index in [1.165, 1.54) is 36.7 Å². The molecule has 1 fully saturated rings. The van der Waals surface area contributed by atoms with Crippen LogP contribution in [0.5, 0.6) is 11.5 Å². The summed E-state index contributed by atoms with van der Waals surface area (Å²) < 4.78 is 50.9. The zero-order valence-corrected chi connectivity index (χ0v) is 17.7. The Morgan fingerprint density at radius 1 is 1.10 bits per heavy atom. The van der Waals surface area contributed by atoms with Crippen molar-refractivity contribution in [3.8, 4) is 11.5 Å². The number of halogens is 1. The van der Waals surface area contributed by atoms with Crippen LogP contribution in [0, 0.1) is 11.7 Å². The van der Waals surface area contributed by atoms with Crippen LogP contribution in [0.15, 0.2) is 47.4 Å². The first-order valence-corrected chi connectivity index (χ1v) is 11.0. The molecule has 0 bridgehead atoms. The fourth-order valence-electron chi connectivity index (χ4n) is 3.42. The maximum Gasteiger partial charge on any atom is 0.246 e. The number of carbonyl (C=O) groups excluding carboxylic acids is 1. The second-order valence-corrected chi connectivity index (χ2v) is 8.95. The summed E-state index contributed by atoms with van der Waals surface area (Å²) in [7, 11) is -0.903. The Morgan fingerprint density at radius 3 is 2.37 bits per heavy atom. The SMILES string of the molecule is COc1ccc(OC)c(S(=O)(=O)N2CCC(C(=O)NCc3ccc(F)cc3)CC2)c1. The largest absolute Gasteiger partial charge is 0.497 e. The van der Waals surface area contributed by atoms with Gasteiger partial charge in [-0.25, -0.2) is 12.8 Å². The van der Waals surface area contributed by atoms with Gasteiger partial charge in [0.05, 0.1) is 14.2 Å². The Balaban J connectivity index is 1.61. The number of methoxy groups -OCH3 is 2. The number of hydrogen-bond donors (Lipinski definition) is 1. The first kappa shape index (κ1) is 22.0. The van der Waals surface area contributed by atoms with Crippen molar-refractivity contribution in [2.45, 2.75) is 24.3 Å². The normalized spacial score (nSPS) is 15.6. The fourth-order valence-corrected chi connectivity index (χ4v) is 5.06. The molecule has 1 amide bonds. The predicted molar refractivity (Wildman–Crippen MR) is 109 cm³/mol. The van der Waals surface area contributed by atoms with Crippen LogP contribution in [0.25, 0.3) is 0 Å². The average molecular weight is 437 g/mol. The van der Waals surface area contributed by atoms with Gasteiger partial charge in [-0.15, -0.1) is 0 Å². The number of nitrogens with zero attached hydrogens (tertiary/aromatic N) is 1. The number of benzene rings is 2. The minimum Gasteiger partial charge on any atom is -0.497 e. The van der Waals surface area contributed by atoms with Crippen molar-refractivity contribution in [3.63, 3.8) is 0 Å². The predicted octanol–water partition coefficient (Wildman–Crippen LogP) is 2.56. The highest BCUT2D eigenvalue weighted by Gasteiger charge is 2.34. The van der Waals surface area contributed by atoms with E-state index in [4.69, 9.17) is 9.47 Å². The second-order valence-electron chi connectivity index (χ2n) is 7.04. The van der Waals surface area contributed by atoms with Crippen LogP contribution in [0.3, 0.4) is 0 Å². The van der Waals surface area contributed by atoms with E-state index >= 15 is 0 Å². The topological polar surface area (TPSA) is 84.9 Å². The quantitative estimate of drug-likeness (QED) is 0.721. The highest BCUT2D eigenvalue weighted by Crippen LogP contribution is 2.32. The third kappa shape index (κ3) is 4.91. The van der Waals surface area contributed by atoms with Gasteiger partial charge >= 0.3 is 0 Å². The fraction of sp³-hybridized carbons (Fsp3) is 0.381. The standard InChI is InChI=1S/C21H25FN2O5S/c1-28-18-7-8-19(29-2)20(13-18)30(26,27)24-11-9-16(10-12-24)21(25)23-14-15-3-5-17(22)6-4-15/h3-8,13,16H,9-12,14H2,1-2H3,(H,23,25). The number of piperidine rings is 1. The smallest absolute Gasteiger partial charge is 0.246 e. The molecule has 30 heavy (non-hydrogen) atoms. The Kier molecular flexibility index (Phi) is 6.94. The van der Waals surface area contributed by atoms with Crippen LogP contribution in [0.2, 0.25) is 0 Å². The zero-order valence-electron chi connectivity index (χ0n) is 16.9. The molecule has 1 heterocycles. The number of ether oxygens (including phenoxy) is 2. The molecule has 3 rings (SSSR count). The molecular weight excluding hydrogens is 411 g/mol. The van der Waals surface area contributed by atoms with Crippen LogP contribution < -0.4 is 14.8 Å². The van der Waals surface area contributed by atoms with Gasteiger partial charge in [0.2, 0.25) is 15.9 Å². The Bertz CT molecular complexity index is 987. The van der Waals surface area contributed by atoms with Gasteiger partial charge in [0.15, 0.2) is 0 Å². The van der Waals surface area contributed by atoms with Crippen LogP contribution in [-0.4, -0.2) is 45.9 Å². The third-order valence-corrected chi connectivity index (χ3v) is 7.11. The van der Waals surface area contributed by atoms with E-state index < -0.39 is 10.0 Å². The van der Waals surface area contributed by atoms with Crippen molar-refractivity contribution in [1.29, 1.82) is 0 Å². The molecule has 0 saturated carbocycles. The second kappa shape index (κ2) is 9.44. The number of amides is 1. The van der Waals surface area contributed by atoms with E-state index in [9.17, 15) is 17.6 Å². The van der Waals surface area contributed by atoms with Crippen molar-refractivity contribution >= 4 is 15.9 Å². The Labute approximate surface area is 175 Å². The van der Waals surface area contributed by atoms with Crippen LogP contribution in [-0.2, 0) is 21.4 Å². The lowest BCUT2D eigenvalue weighted by Gasteiger charge is -2.31. The summed E-state index contributed by atoms with van der Waals surface area (Å²) in [5, 5.41) is 2.84. The minimum atomic E-state index is -3.78. The molecule has 2 aromatic carbocycles. The van der Waals surface area contributed by atoms with Crippen LogP contribution in [0.4, 0.5) is 4.39 Å². The molecule has 2 aromatic rings. The molecule has 1 N–H and O–H groups in total. The van der Waals surface area contributed by atoms with E-state index in [1.54, 1.807) is 24.3 Å². The van der Waals surface area contributed by atoms with E-state index in [0.29, 0.717) is 25.1 Å². The summed E-state index contributed by atoms with van der Waals surface area (Å²) in [5.74, 6) is -0.0647. The molecule has 1 aliphatic rings. The first-order valence-electron chi connectivity index (χ1n) is 9.59. The van der Waals surface area contributed by atoms with E-state index in [-0.39, 0.29) is 41.4 Å². The van der Waals surface area contributed by atoms with Gasteiger partial charge in [-0.05, 0) is 42.7 Å². The lowest BCUT2D eigenvalue weighted by molar-refractivity contribution is -0.126. The van der Waals surface area contributed by atoms with Gasteiger partial charge in [0.1, 0.15) is 22.2 Å². The molecule has 9 heteroatoms. The summed E-state index contributed by atoms with van der Waals surface area (Å²) in [5.41, 5.74) is 0.801. The molecule has 0 radical (unpaired) electrons. The first-order chi connectivity index (χ1) is 14.3. The van der Waals surface area contributed by atoms with E-state index in [2.05, 4.69) is 5.32 Å². The number of rotatable bonds is 7. The van der Waals surface area contributed by atoms with Crippen molar-refractivity contribution in [2.75, 3.05) is 27.3 Å². The molecule has 0 aromatic heterocycles. The Morgan fingerprint density at radius 2 is 1.77 bits per heavy atom. The number of hydrogen-bond acceptors (Lipinski definition) is 5.